The van der Waals surface area contributed by atoms with Crippen molar-refractivity contribution in [3.63, 3.8) is 0 Å². The van der Waals surface area contributed by atoms with Gasteiger partial charge in [0.2, 0.25) is 0 Å². The Morgan fingerprint density at radius 1 is 1.20 bits per heavy atom. The number of hydrogen-bond acceptors (Lipinski definition) is 0. The lowest BCUT2D eigenvalue weighted by molar-refractivity contribution is 1.45. The average Bonchev–Trinajstić information content (AvgIpc) is 2.14. The summed E-state index contributed by atoms with van der Waals surface area (Å²) in [4.78, 5) is 0. The summed E-state index contributed by atoms with van der Waals surface area (Å²) < 4.78 is 0. The summed E-state index contributed by atoms with van der Waals surface area (Å²) in [5, 5.41) is 0. The van der Waals surface area contributed by atoms with E-state index in [1.54, 1.807) is 0 Å². The highest BCUT2D eigenvalue weighted by atomic mass is 28.3. The van der Waals surface area contributed by atoms with Crippen LogP contribution in [0.15, 0.2) is 42.5 Å². The van der Waals surface area contributed by atoms with E-state index in [1.807, 2.05) is 30.3 Å². The fourth-order valence-electron chi connectivity index (χ4n) is 1.37. The van der Waals surface area contributed by atoms with Crippen LogP contribution in [0.5, 0.6) is 0 Å². The summed E-state index contributed by atoms with van der Waals surface area (Å²) >= 11 is 0. The summed E-state index contributed by atoms with van der Waals surface area (Å²) in [6.45, 7) is 11.0. The van der Waals surface area contributed by atoms with Gasteiger partial charge in [-0.2, -0.15) is 0 Å². The van der Waals surface area contributed by atoms with Crippen molar-refractivity contribution in [2.45, 2.75) is 25.7 Å². The molecule has 0 aliphatic heterocycles. The maximum absolute atomic E-state index is 4.02. The van der Waals surface area contributed by atoms with E-state index in [-0.39, 0.29) is 0 Å². The molecule has 1 aromatic carbocycles. The van der Waals surface area contributed by atoms with E-state index in [4.69, 9.17) is 0 Å². The number of benzene rings is 1. The first-order valence-electron chi connectivity index (χ1n) is 5.22. The van der Waals surface area contributed by atoms with Gasteiger partial charge in [-0.1, -0.05) is 56.3 Å². The van der Waals surface area contributed by atoms with E-state index in [0.717, 1.165) is 17.2 Å². The summed E-state index contributed by atoms with van der Waals surface area (Å²) in [6.07, 6.45) is 0. The lowest BCUT2D eigenvalue weighted by atomic mass is 10.2. The highest BCUT2D eigenvalue weighted by Crippen LogP contribution is 2.13. The molecule has 0 aliphatic rings. The van der Waals surface area contributed by atoms with Crippen molar-refractivity contribution in [2.75, 3.05) is 0 Å². The fraction of sp³-hybridized carbons (Fsp3) is 0.286. The summed E-state index contributed by atoms with van der Waals surface area (Å²) in [5.74, 6) is 6.29. The lowest BCUT2D eigenvalue weighted by Crippen LogP contribution is -2.19. The molecule has 0 radical (unpaired) electrons. The second-order valence-electron chi connectivity index (χ2n) is 4.96. The van der Waals surface area contributed by atoms with Crippen molar-refractivity contribution in [2.24, 2.45) is 0 Å². The molecule has 78 valence electrons. The van der Waals surface area contributed by atoms with Gasteiger partial charge in [-0.3, -0.25) is 0 Å². The molecule has 1 heteroatoms. The molecule has 0 fully saturated rings. The van der Waals surface area contributed by atoms with E-state index in [2.05, 4.69) is 38.1 Å². The number of hydrogen-bond donors (Lipinski definition) is 0. The van der Waals surface area contributed by atoms with Crippen molar-refractivity contribution < 1.29 is 0 Å². The van der Waals surface area contributed by atoms with Crippen molar-refractivity contribution in [1.82, 2.24) is 0 Å². The van der Waals surface area contributed by atoms with Crippen LogP contribution in [0, 0.1) is 11.8 Å². The first kappa shape index (κ1) is 11.8. The van der Waals surface area contributed by atoms with Crippen LogP contribution in [0.4, 0.5) is 0 Å². The van der Waals surface area contributed by atoms with Crippen molar-refractivity contribution in [1.29, 1.82) is 0 Å². The van der Waals surface area contributed by atoms with Gasteiger partial charge in [-0.05, 0) is 23.7 Å². The zero-order chi connectivity index (χ0) is 11.3. The Balaban J connectivity index is 2.64. The molecule has 1 rings (SSSR count). The van der Waals surface area contributed by atoms with Crippen LogP contribution < -0.4 is 0 Å². The molecule has 0 nitrogen and oxygen atoms in total. The largest absolute Gasteiger partial charge is 0.0877 e. The van der Waals surface area contributed by atoms with Gasteiger partial charge < -0.3 is 0 Å². The molecule has 15 heavy (non-hydrogen) atoms. The van der Waals surface area contributed by atoms with E-state index in [9.17, 15) is 0 Å². The minimum atomic E-state index is -1.06. The third-order valence-corrected chi connectivity index (χ3v) is 3.39. The van der Waals surface area contributed by atoms with Crippen molar-refractivity contribution >= 4 is 8.07 Å². The van der Waals surface area contributed by atoms with Gasteiger partial charge in [-0.25, -0.2) is 0 Å². The lowest BCUT2D eigenvalue weighted by Gasteiger charge is -2.13. The van der Waals surface area contributed by atoms with E-state index < -0.39 is 8.07 Å². The smallest absolute Gasteiger partial charge is 0.0494 e. The maximum atomic E-state index is 4.02. The minimum Gasteiger partial charge on any atom is -0.0877 e. The molecule has 0 atom stereocenters. The van der Waals surface area contributed by atoms with Crippen molar-refractivity contribution in [3.05, 3.63) is 48.0 Å². The Hall–Kier alpha value is -1.26. The quantitative estimate of drug-likeness (QED) is 0.517. The van der Waals surface area contributed by atoms with Crippen LogP contribution in [0.1, 0.15) is 5.56 Å². The molecule has 0 bridgehead atoms. The SMILES string of the molecule is C=C(C#Cc1ccccc1)C[Si](C)(C)C. The molecule has 0 saturated carbocycles. The molecule has 0 unspecified atom stereocenters. The Labute approximate surface area is 94.0 Å². The molecule has 0 heterocycles. The van der Waals surface area contributed by atoms with Crippen LogP contribution in [-0.2, 0) is 0 Å². The predicted molar refractivity (Wildman–Crippen MR) is 70.6 cm³/mol. The molecule has 0 spiro atoms. The molecule has 0 aliphatic carbocycles. The Bertz CT molecular complexity index is 385. The zero-order valence-electron chi connectivity index (χ0n) is 9.80. The van der Waals surface area contributed by atoms with E-state index in [1.165, 1.54) is 0 Å². The molecule has 0 amide bonds. The number of allylic oxidation sites excluding steroid dienone is 1. The Morgan fingerprint density at radius 3 is 2.33 bits per heavy atom. The molecule has 1 aromatic rings. The van der Waals surface area contributed by atoms with Gasteiger partial charge >= 0.3 is 0 Å². The predicted octanol–water partition coefficient (Wildman–Crippen LogP) is 3.93. The normalized spacial score (nSPS) is 10.3. The van der Waals surface area contributed by atoms with Gasteiger partial charge in [0.25, 0.3) is 0 Å². The highest BCUT2D eigenvalue weighted by molar-refractivity contribution is 6.76. The van der Waals surface area contributed by atoms with Gasteiger partial charge in [0, 0.05) is 13.6 Å². The van der Waals surface area contributed by atoms with Crippen molar-refractivity contribution in [3.8, 4) is 11.8 Å². The molecular formula is C14H18Si. The average molecular weight is 214 g/mol. The zero-order valence-corrected chi connectivity index (χ0v) is 10.8. The van der Waals surface area contributed by atoms with Crippen LogP contribution in [-0.4, -0.2) is 8.07 Å². The standard InChI is InChI=1S/C14H18Si/c1-13(12-15(2,3)4)10-11-14-8-6-5-7-9-14/h5-9H,1,12H2,2-4H3. The summed E-state index contributed by atoms with van der Waals surface area (Å²) in [7, 11) is -1.06. The first-order chi connectivity index (χ1) is 6.97. The highest BCUT2D eigenvalue weighted by Gasteiger charge is 2.12. The Morgan fingerprint density at radius 2 is 1.80 bits per heavy atom. The van der Waals surface area contributed by atoms with Crippen LogP contribution in [0.25, 0.3) is 0 Å². The first-order valence-corrected chi connectivity index (χ1v) is 8.93. The van der Waals surface area contributed by atoms with Crippen LogP contribution in [0.2, 0.25) is 25.7 Å². The molecule has 0 saturated heterocycles. The van der Waals surface area contributed by atoms with Gasteiger partial charge in [0.05, 0.1) is 0 Å². The third kappa shape index (κ3) is 5.24. The van der Waals surface area contributed by atoms with E-state index in [0.29, 0.717) is 0 Å². The van der Waals surface area contributed by atoms with Gasteiger partial charge in [-0.15, -0.1) is 0 Å². The van der Waals surface area contributed by atoms with Crippen LogP contribution in [0.3, 0.4) is 0 Å². The third-order valence-electron chi connectivity index (χ3n) is 1.90. The second kappa shape index (κ2) is 5.00. The second-order valence-corrected chi connectivity index (χ2v) is 10.4. The molecular weight excluding hydrogens is 196 g/mol. The van der Waals surface area contributed by atoms with Gasteiger partial charge in [0.1, 0.15) is 0 Å². The summed E-state index contributed by atoms with van der Waals surface area (Å²) in [6, 6.07) is 11.1. The fourth-order valence-corrected chi connectivity index (χ4v) is 2.74. The van der Waals surface area contributed by atoms with Gasteiger partial charge in [0.15, 0.2) is 0 Å². The Kier molecular flexibility index (Phi) is 3.93. The van der Waals surface area contributed by atoms with Crippen LogP contribution >= 0.6 is 0 Å². The molecule has 0 aromatic heterocycles. The topological polar surface area (TPSA) is 0 Å². The maximum Gasteiger partial charge on any atom is 0.0494 e. The minimum absolute atomic E-state index is 1.06. The summed E-state index contributed by atoms with van der Waals surface area (Å²) in [5.41, 5.74) is 2.13. The number of rotatable bonds is 2. The monoisotopic (exact) mass is 214 g/mol. The molecule has 0 N–H and O–H groups in total. The van der Waals surface area contributed by atoms with E-state index >= 15 is 0 Å².